The number of nitrogens with zero attached hydrogens (tertiary/aromatic N) is 2. The molecule has 1 amide bonds. The number of anilines is 1. The summed E-state index contributed by atoms with van der Waals surface area (Å²) in [4.78, 5) is 21.3. The molecular weight excluding hydrogens is 310 g/mol. The fourth-order valence-electron chi connectivity index (χ4n) is 3.44. The summed E-state index contributed by atoms with van der Waals surface area (Å²) in [5.41, 5.74) is 3.91. The first kappa shape index (κ1) is 17.3. The van der Waals surface area contributed by atoms with E-state index in [0.29, 0.717) is 5.92 Å². The molecule has 4 nitrogen and oxygen atoms in total. The number of hydrogen-bond donors (Lipinski definition) is 1. The van der Waals surface area contributed by atoms with E-state index in [-0.39, 0.29) is 17.2 Å². The summed E-state index contributed by atoms with van der Waals surface area (Å²) in [7, 11) is 0. The van der Waals surface area contributed by atoms with Crippen molar-refractivity contribution in [2.75, 3.05) is 5.32 Å². The largest absolute Gasteiger partial charge is 0.326 e. The van der Waals surface area contributed by atoms with Gasteiger partial charge in [-0.15, -0.1) is 0 Å². The Bertz CT molecular complexity index is 835. The van der Waals surface area contributed by atoms with E-state index in [1.807, 2.05) is 37.3 Å². The van der Waals surface area contributed by atoms with Crippen LogP contribution in [0.1, 0.15) is 33.5 Å². The minimum atomic E-state index is 0.0166. The van der Waals surface area contributed by atoms with Gasteiger partial charge in [-0.3, -0.25) is 4.79 Å². The van der Waals surface area contributed by atoms with Crippen molar-refractivity contribution in [1.82, 2.24) is 9.97 Å². The zero-order valence-corrected chi connectivity index (χ0v) is 15.5. The van der Waals surface area contributed by atoms with Gasteiger partial charge >= 0.3 is 0 Å². The first-order chi connectivity index (χ1) is 11.8. The molecule has 0 aliphatic heterocycles. The van der Waals surface area contributed by atoms with Crippen LogP contribution in [-0.2, 0) is 4.79 Å². The number of allylic oxidation sites excluding steroid dienone is 2. The summed E-state index contributed by atoms with van der Waals surface area (Å²) >= 11 is 0. The molecule has 0 spiro atoms. The van der Waals surface area contributed by atoms with Crippen LogP contribution in [0.25, 0.3) is 11.3 Å². The van der Waals surface area contributed by atoms with Gasteiger partial charge < -0.3 is 5.32 Å². The van der Waals surface area contributed by atoms with E-state index in [2.05, 4.69) is 49.1 Å². The number of carbonyl (C=O) groups excluding carboxylic acids is 1. The number of aromatic nitrogens is 2. The molecule has 0 radical (unpaired) electrons. The van der Waals surface area contributed by atoms with Gasteiger partial charge in [0.1, 0.15) is 5.82 Å². The Morgan fingerprint density at radius 2 is 2.00 bits per heavy atom. The fraction of sp³-hybridized carbons (Fsp3) is 0.381. The van der Waals surface area contributed by atoms with E-state index in [9.17, 15) is 4.79 Å². The standard InChI is InChI=1S/C21H25N3O/c1-13(2)11-17-19(21(17,4)5)20(25)24-16-8-6-7-15(12-16)18-9-10-22-14(3)23-18/h6-12,17,19H,1-5H3,(H,24,25). The molecule has 2 unspecified atom stereocenters. The lowest BCUT2D eigenvalue weighted by atomic mass is 10.1. The van der Waals surface area contributed by atoms with Crippen molar-refractivity contribution in [3.05, 3.63) is 54.0 Å². The molecule has 4 heteroatoms. The van der Waals surface area contributed by atoms with Crippen molar-refractivity contribution in [3.63, 3.8) is 0 Å². The van der Waals surface area contributed by atoms with Gasteiger partial charge in [0.15, 0.2) is 0 Å². The van der Waals surface area contributed by atoms with Crippen molar-refractivity contribution in [1.29, 1.82) is 0 Å². The SMILES string of the molecule is CC(C)=CC1C(C(=O)Nc2cccc(-c3ccnc(C)n3)c2)C1(C)C. The molecule has 1 aromatic heterocycles. The van der Waals surface area contributed by atoms with Crippen LogP contribution < -0.4 is 5.32 Å². The monoisotopic (exact) mass is 335 g/mol. The smallest absolute Gasteiger partial charge is 0.228 e. The molecule has 2 aromatic rings. The van der Waals surface area contributed by atoms with E-state index in [1.165, 1.54) is 5.57 Å². The molecule has 0 bridgehead atoms. The number of aryl methyl sites for hydroxylation is 1. The van der Waals surface area contributed by atoms with Gasteiger partial charge in [-0.2, -0.15) is 0 Å². The lowest BCUT2D eigenvalue weighted by Crippen LogP contribution is -2.16. The van der Waals surface area contributed by atoms with Gasteiger partial charge in [0.25, 0.3) is 0 Å². The molecule has 25 heavy (non-hydrogen) atoms. The lowest BCUT2D eigenvalue weighted by molar-refractivity contribution is -0.118. The number of rotatable bonds is 4. The second kappa shape index (κ2) is 6.43. The summed E-state index contributed by atoms with van der Waals surface area (Å²) in [5.74, 6) is 1.15. The van der Waals surface area contributed by atoms with Gasteiger partial charge in [-0.1, -0.05) is 37.6 Å². The maximum atomic E-state index is 12.7. The van der Waals surface area contributed by atoms with E-state index in [0.717, 1.165) is 22.8 Å². The normalized spacial score (nSPS) is 20.7. The summed E-state index contributed by atoms with van der Waals surface area (Å²) in [6.07, 6.45) is 3.96. The maximum absolute atomic E-state index is 12.7. The summed E-state index contributed by atoms with van der Waals surface area (Å²) in [5, 5.41) is 3.08. The van der Waals surface area contributed by atoms with Crippen LogP contribution in [-0.4, -0.2) is 15.9 Å². The molecule has 130 valence electrons. The zero-order chi connectivity index (χ0) is 18.2. The molecular formula is C21H25N3O. The van der Waals surface area contributed by atoms with E-state index in [1.54, 1.807) is 6.20 Å². The minimum Gasteiger partial charge on any atom is -0.326 e. The van der Waals surface area contributed by atoms with Gasteiger partial charge in [-0.25, -0.2) is 9.97 Å². The Labute approximate surface area is 149 Å². The molecule has 1 aromatic carbocycles. The summed E-state index contributed by atoms with van der Waals surface area (Å²) in [6.45, 7) is 10.3. The highest BCUT2D eigenvalue weighted by Gasteiger charge is 2.60. The molecule has 3 rings (SSSR count). The first-order valence-corrected chi connectivity index (χ1v) is 8.65. The highest BCUT2D eigenvalue weighted by atomic mass is 16.2. The van der Waals surface area contributed by atoms with E-state index in [4.69, 9.17) is 0 Å². The molecule has 1 saturated carbocycles. The molecule has 2 atom stereocenters. The Balaban J connectivity index is 1.77. The van der Waals surface area contributed by atoms with Crippen molar-refractivity contribution in [2.24, 2.45) is 17.3 Å². The molecule has 1 N–H and O–H groups in total. The number of benzene rings is 1. The van der Waals surface area contributed by atoms with Crippen LogP contribution in [0.2, 0.25) is 0 Å². The summed E-state index contributed by atoms with van der Waals surface area (Å²) < 4.78 is 0. The van der Waals surface area contributed by atoms with Crippen molar-refractivity contribution in [3.8, 4) is 11.3 Å². The number of hydrogen-bond acceptors (Lipinski definition) is 3. The van der Waals surface area contributed by atoms with Crippen LogP contribution in [0.4, 0.5) is 5.69 Å². The van der Waals surface area contributed by atoms with Gasteiger partial charge in [0, 0.05) is 17.4 Å². The third kappa shape index (κ3) is 3.63. The van der Waals surface area contributed by atoms with Crippen molar-refractivity contribution < 1.29 is 4.79 Å². The third-order valence-electron chi connectivity index (χ3n) is 4.91. The predicted molar refractivity (Wildman–Crippen MR) is 101 cm³/mol. The van der Waals surface area contributed by atoms with Gasteiger partial charge in [-0.05, 0) is 50.3 Å². The van der Waals surface area contributed by atoms with Crippen LogP contribution in [0.15, 0.2) is 48.2 Å². The highest BCUT2D eigenvalue weighted by Crippen LogP contribution is 2.59. The number of carbonyl (C=O) groups is 1. The summed E-state index contributed by atoms with van der Waals surface area (Å²) in [6, 6.07) is 9.69. The second-order valence-electron chi connectivity index (χ2n) is 7.63. The van der Waals surface area contributed by atoms with E-state index >= 15 is 0 Å². The Kier molecular flexibility index (Phi) is 4.46. The lowest BCUT2D eigenvalue weighted by Gasteiger charge is -2.08. The number of nitrogens with one attached hydrogen (secondary N) is 1. The van der Waals surface area contributed by atoms with Gasteiger partial charge in [0.2, 0.25) is 5.91 Å². The van der Waals surface area contributed by atoms with Crippen LogP contribution >= 0.6 is 0 Å². The minimum absolute atomic E-state index is 0.0166. The average Bonchev–Trinajstić information content (AvgIpc) is 3.07. The Morgan fingerprint density at radius 1 is 1.24 bits per heavy atom. The molecule has 1 heterocycles. The second-order valence-corrected chi connectivity index (χ2v) is 7.63. The molecule has 0 saturated heterocycles. The average molecular weight is 335 g/mol. The third-order valence-corrected chi connectivity index (χ3v) is 4.91. The first-order valence-electron chi connectivity index (χ1n) is 8.65. The van der Waals surface area contributed by atoms with Gasteiger partial charge in [0.05, 0.1) is 11.6 Å². The quantitative estimate of drug-likeness (QED) is 0.829. The zero-order valence-electron chi connectivity index (χ0n) is 15.5. The predicted octanol–water partition coefficient (Wildman–Crippen LogP) is 4.63. The Morgan fingerprint density at radius 3 is 2.68 bits per heavy atom. The van der Waals surface area contributed by atoms with Crippen LogP contribution in [0, 0.1) is 24.2 Å². The molecule has 1 aliphatic rings. The topological polar surface area (TPSA) is 54.9 Å². The van der Waals surface area contributed by atoms with Crippen LogP contribution in [0.3, 0.4) is 0 Å². The van der Waals surface area contributed by atoms with Crippen LogP contribution in [0.5, 0.6) is 0 Å². The van der Waals surface area contributed by atoms with E-state index < -0.39 is 0 Å². The molecule has 1 fully saturated rings. The highest BCUT2D eigenvalue weighted by molar-refractivity contribution is 5.96. The Hall–Kier alpha value is -2.49. The number of amides is 1. The fourth-order valence-corrected chi connectivity index (χ4v) is 3.44. The maximum Gasteiger partial charge on any atom is 0.228 e. The van der Waals surface area contributed by atoms with Crippen molar-refractivity contribution in [2.45, 2.75) is 34.6 Å². The van der Waals surface area contributed by atoms with Crippen molar-refractivity contribution >= 4 is 11.6 Å². The molecule has 1 aliphatic carbocycles.